The lowest BCUT2D eigenvalue weighted by atomic mass is 10.1. The van der Waals surface area contributed by atoms with E-state index in [-0.39, 0.29) is 5.91 Å². The maximum Gasteiger partial charge on any atom is 0.253 e. The lowest BCUT2D eigenvalue weighted by Gasteiger charge is -2.17. The first-order chi connectivity index (χ1) is 9.58. The van der Waals surface area contributed by atoms with E-state index in [0.717, 1.165) is 30.9 Å². The van der Waals surface area contributed by atoms with Crippen LogP contribution in [0.25, 0.3) is 0 Å². The first kappa shape index (κ1) is 14.8. The van der Waals surface area contributed by atoms with Crippen LogP contribution in [0.5, 0.6) is 0 Å². The molecule has 110 valence electrons. The monoisotopic (exact) mass is 278 g/mol. The van der Waals surface area contributed by atoms with Gasteiger partial charge in [-0.15, -0.1) is 0 Å². The molecule has 0 aromatic heterocycles. The summed E-state index contributed by atoms with van der Waals surface area (Å²) in [5.41, 5.74) is 8.09. The summed E-state index contributed by atoms with van der Waals surface area (Å²) in [6.07, 6.45) is 0.513. The Morgan fingerprint density at radius 3 is 3.10 bits per heavy atom. The largest absolute Gasteiger partial charge is 0.398 e. The number of carbonyl (C=O) groups excluding carboxylic acids is 1. The summed E-state index contributed by atoms with van der Waals surface area (Å²) < 4.78 is 10.9. The van der Waals surface area contributed by atoms with Gasteiger partial charge in [0, 0.05) is 23.9 Å². The minimum absolute atomic E-state index is 0.155. The van der Waals surface area contributed by atoms with Crippen LogP contribution in [0.2, 0.25) is 0 Å². The summed E-state index contributed by atoms with van der Waals surface area (Å²) in [5.74, 6) is 0.247. The molecule has 3 N–H and O–H groups in total. The van der Waals surface area contributed by atoms with Crippen LogP contribution in [0.4, 0.5) is 11.4 Å². The fraction of sp³-hybridized carbons (Fsp3) is 0.533. The Hall–Kier alpha value is -1.59. The second kappa shape index (κ2) is 6.72. The zero-order valence-corrected chi connectivity index (χ0v) is 12.0. The number of rotatable bonds is 5. The van der Waals surface area contributed by atoms with Crippen molar-refractivity contribution in [2.75, 3.05) is 30.9 Å². The predicted octanol–water partition coefficient (Wildman–Crippen LogP) is 1.96. The van der Waals surface area contributed by atoms with E-state index in [1.54, 1.807) is 6.92 Å². The minimum Gasteiger partial charge on any atom is -0.398 e. The van der Waals surface area contributed by atoms with Crippen molar-refractivity contribution in [3.05, 3.63) is 23.8 Å². The van der Waals surface area contributed by atoms with Crippen LogP contribution >= 0.6 is 0 Å². The Balaban J connectivity index is 1.85. The number of anilines is 2. The fourth-order valence-corrected chi connectivity index (χ4v) is 2.09. The summed E-state index contributed by atoms with van der Waals surface area (Å²) >= 11 is 0. The standard InChI is InChI=1S/C15H22N2O3/c1-10-13(16)4-3-5-14(10)17-15(18)11(2)20-9-12-6-7-19-8-12/h3-5,11-12H,6-9,16H2,1-2H3,(H,17,18). The van der Waals surface area contributed by atoms with Gasteiger partial charge in [0.15, 0.2) is 0 Å². The van der Waals surface area contributed by atoms with Crippen LogP contribution < -0.4 is 11.1 Å². The molecule has 1 fully saturated rings. The molecule has 0 saturated carbocycles. The molecule has 5 nitrogen and oxygen atoms in total. The quantitative estimate of drug-likeness (QED) is 0.807. The van der Waals surface area contributed by atoms with E-state index in [1.807, 2.05) is 25.1 Å². The van der Waals surface area contributed by atoms with Crippen molar-refractivity contribution >= 4 is 17.3 Å². The number of ether oxygens (including phenoxy) is 2. The zero-order valence-electron chi connectivity index (χ0n) is 12.0. The van der Waals surface area contributed by atoms with E-state index in [9.17, 15) is 4.79 Å². The summed E-state index contributed by atoms with van der Waals surface area (Å²) in [5, 5.41) is 2.85. The lowest BCUT2D eigenvalue weighted by Crippen LogP contribution is -2.30. The predicted molar refractivity (Wildman–Crippen MR) is 78.6 cm³/mol. The normalized spacial score (nSPS) is 19.8. The van der Waals surface area contributed by atoms with Crippen molar-refractivity contribution in [1.82, 2.24) is 0 Å². The van der Waals surface area contributed by atoms with Crippen LogP contribution in [0.1, 0.15) is 18.9 Å². The number of amides is 1. The van der Waals surface area contributed by atoms with Gasteiger partial charge >= 0.3 is 0 Å². The smallest absolute Gasteiger partial charge is 0.253 e. The van der Waals surface area contributed by atoms with Crippen molar-refractivity contribution in [1.29, 1.82) is 0 Å². The molecule has 1 amide bonds. The van der Waals surface area contributed by atoms with Crippen LogP contribution in [-0.2, 0) is 14.3 Å². The second-order valence-electron chi connectivity index (χ2n) is 5.21. The van der Waals surface area contributed by atoms with Gasteiger partial charge < -0.3 is 20.5 Å². The van der Waals surface area contributed by atoms with Crippen LogP contribution in [0, 0.1) is 12.8 Å². The molecule has 0 aliphatic carbocycles. The Bertz CT molecular complexity index is 470. The van der Waals surface area contributed by atoms with E-state index in [1.165, 1.54) is 0 Å². The molecule has 2 rings (SSSR count). The molecule has 0 spiro atoms. The van der Waals surface area contributed by atoms with Crippen LogP contribution in [0.3, 0.4) is 0 Å². The topological polar surface area (TPSA) is 73.6 Å². The third kappa shape index (κ3) is 3.71. The minimum atomic E-state index is -0.489. The third-order valence-corrected chi connectivity index (χ3v) is 3.61. The molecule has 1 heterocycles. The first-order valence-electron chi connectivity index (χ1n) is 6.93. The summed E-state index contributed by atoms with van der Waals surface area (Å²) in [7, 11) is 0. The molecule has 0 bridgehead atoms. The summed E-state index contributed by atoms with van der Waals surface area (Å²) in [4.78, 5) is 12.1. The van der Waals surface area contributed by atoms with Gasteiger partial charge in [0.2, 0.25) is 0 Å². The van der Waals surface area contributed by atoms with Crippen LogP contribution in [-0.4, -0.2) is 31.8 Å². The summed E-state index contributed by atoms with van der Waals surface area (Å²) in [6.45, 7) is 5.71. The SMILES string of the molecule is Cc1c(N)cccc1NC(=O)C(C)OCC1CCOC1. The molecule has 1 aliphatic rings. The van der Waals surface area contributed by atoms with Crippen LogP contribution in [0.15, 0.2) is 18.2 Å². The molecule has 1 saturated heterocycles. The van der Waals surface area contributed by atoms with Crippen molar-refractivity contribution in [3.8, 4) is 0 Å². The first-order valence-corrected chi connectivity index (χ1v) is 6.93. The number of hydrogen-bond donors (Lipinski definition) is 2. The zero-order chi connectivity index (χ0) is 14.5. The van der Waals surface area contributed by atoms with Gasteiger partial charge in [0.25, 0.3) is 5.91 Å². The fourth-order valence-electron chi connectivity index (χ4n) is 2.09. The second-order valence-corrected chi connectivity index (χ2v) is 5.21. The molecule has 2 atom stereocenters. The van der Waals surface area contributed by atoms with Crippen molar-refractivity contribution in [3.63, 3.8) is 0 Å². The van der Waals surface area contributed by atoms with Gasteiger partial charge in [-0.2, -0.15) is 0 Å². The highest BCUT2D eigenvalue weighted by molar-refractivity contribution is 5.95. The van der Waals surface area contributed by atoms with Gasteiger partial charge in [-0.3, -0.25) is 4.79 Å². The number of nitrogens with one attached hydrogen (secondary N) is 1. The van der Waals surface area contributed by atoms with E-state index in [2.05, 4.69) is 5.32 Å². The highest BCUT2D eigenvalue weighted by Gasteiger charge is 2.20. The van der Waals surface area contributed by atoms with Gasteiger partial charge in [-0.25, -0.2) is 0 Å². The molecule has 1 aromatic carbocycles. The molecule has 0 radical (unpaired) electrons. The number of nitrogens with two attached hydrogens (primary N) is 1. The van der Waals surface area contributed by atoms with Crippen molar-refractivity contribution in [2.45, 2.75) is 26.4 Å². The Kier molecular flexibility index (Phi) is 4.98. The lowest BCUT2D eigenvalue weighted by molar-refractivity contribution is -0.127. The molecule has 1 aromatic rings. The van der Waals surface area contributed by atoms with Gasteiger partial charge in [-0.1, -0.05) is 6.07 Å². The number of hydrogen-bond acceptors (Lipinski definition) is 4. The van der Waals surface area contributed by atoms with E-state index < -0.39 is 6.10 Å². The Labute approximate surface area is 119 Å². The van der Waals surface area contributed by atoms with E-state index >= 15 is 0 Å². The number of nitrogen functional groups attached to an aromatic ring is 1. The average Bonchev–Trinajstić information content (AvgIpc) is 2.94. The highest BCUT2D eigenvalue weighted by Crippen LogP contribution is 2.21. The molecular weight excluding hydrogens is 256 g/mol. The number of carbonyl (C=O) groups is 1. The van der Waals surface area contributed by atoms with Gasteiger partial charge in [-0.05, 0) is 38.0 Å². The van der Waals surface area contributed by atoms with E-state index in [0.29, 0.717) is 18.2 Å². The molecule has 5 heteroatoms. The molecule has 20 heavy (non-hydrogen) atoms. The van der Waals surface area contributed by atoms with Crippen molar-refractivity contribution < 1.29 is 14.3 Å². The van der Waals surface area contributed by atoms with Crippen molar-refractivity contribution in [2.24, 2.45) is 5.92 Å². The third-order valence-electron chi connectivity index (χ3n) is 3.61. The average molecular weight is 278 g/mol. The highest BCUT2D eigenvalue weighted by atomic mass is 16.5. The summed E-state index contributed by atoms with van der Waals surface area (Å²) in [6, 6.07) is 5.46. The molecular formula is C15H22N2O3. The van der Waals surface area contributed by atoms with E-state index in [4.69, 9.17) is 15.2 Å². The Morgan fingerprint density at radius 2 is 2.40 bits per heavy atom. The molecule has 2 unspecified atom stereocenters. The molecule has 1 aliphatic heterocycles. The Morgan fingerprint density at radius 1 is 1.60 bits per heavy atom. The maximum atomic E-state index is 12.1. The van der Waals surface area contributed by atoms with Gasteiger partial charge in [0.1, 0.15) is 6.10 Å². The number of benzene rings is 1. The van der Waals surface area contributed by atoms with Gasteiger partial charge in [0.05, 0.1) is 13.2 Å². The maximum absolute atomic E-state index is 12.1.